The summed E-state index contributed by atoms with van der Waals surface area (Å²) in [6, 6.07) is 10.3. The monoisotopic (exact) mass is 322 g/mol. The second-order valence-corrected chi connectivity index (χ2v) is 6.28. The van der Waals surface area contributed by atoms with Crippen LogP contribution in [0.15, 0.2) is 41.0 Å². The number of aryl methyl sites for hydroxylation is 2. The summed E-state index contributed by atoms with van der Waals surface area (Å²) in [5.74, 6) is 1.52. The van der Waals surface area contributed by atoms with Crippen LogP contribution in [-0.4, -0.2) is 19.8 Å². The van der Waals surface area contributed by atoms with E-state index in [1.165, 1.54) is 16.9 Å². The molecule has 4 rings (SSSR count). The third-order valence-electron chi connectivity index (χ3n) is 3.60. The fourth-order valence-electron chi connectivity index (χ4n) is 2.33. The molecule has 0 saturated carbocycles. The maximum absolute atomic E-state index is 5.34. The zero-order chi connectivity index (χ0) is 15.8. The lowest BCUT2D eigenvalue weighted by atomic mass is 10.1. The van der Waals surface area contributed by atoms with Crippen molar-refractivity contribution in [1.82, 2.24) is 19.8 Å². The van der Waals surface area contributed by atoms with Crippen molar-refractivity contribution in [2.24, 2.45) is 0 Å². The van der Waals surface area contributed by atoms with Crippen LogP contribution in [0.3, 0.4) is 0 Å². The van der Waals surface area contributed by atoms with Gasteiger partial charge in [-0.05, 0) is 31.6 Å². The van der Waals surface area contributed by atoms with E-state index in [2.05, 4.69) is 46.5 Å². The molecule has 3 heterocycles. The van der Waals surface area contributed by atoms with Gasteiger partial charge in [0, 0.05) is 0 Å². The molecule has 0 spiro atoms. The van der Waals surface area contributed by atoms with Crippen molar-refractivity contribution in [2.45, 2.75) is 13.8 Å². The van der Waals surface area contributed by atoms with Gasteiger partial charge < -0.3 is 4.42 Å². The van der Waals surface area contributed by atoms with E-state index in [1.807, 2.05) is 25.1 Å². The van der Waals surface area contributed by atoms with Crippen LogP contribution < -0.4 is 0 Å². The second-order valence-electron chi connectivity index (χ2n) is 5.29. The first-order chi connectivity index (χ1) is 11.2. The van der Waals surface area contributed by atoms with E-state index < -0.39 is 0 Å². The Balaban J connectivity index is 1.68. The van der Waals surface area contributed by atoms with Crippen LogP contribution in [0, 0.1) is 13.8 Å². The summed E-state index contributed by atoms with van der Waals surface area (Å²) >= 11 is 1.50. The minimum atomic E-state index is 0.706. The molecule has 0 saturated heterocycles. The second kappa shape index (κ2) is 5.48. The fourth-order valence-corrected chi connectivity index (χ4v) is 3.07. The van der Waals surface area contributed by atoms with Crippen LogP contribution in [0.2, 0.25) is 0 Å². The Labute approximate surface area is 136 Å². The van der Waals surface area contributed by atoms with Crippen molar-refractivity contribution in [3.8, 4) is 11.4 Å². The SMILES string of the molecule is Cc1ccc(C=Cc2nn3c(-c4ccoc4C)nnc3s2)cc1. The van der Waals surface area contributed by atoms with E-state index in [9.17, 15) is 0 Å². The number of aromatic nitrogens is 4. The van der Waals surface area contributed by atoms with Crippen LogP contribution in [0.5, 0.6) is 0 Å². The molecular formula is C17H14N4OS. The summed E-state index contributed by atoms with van der Waals surface area (Å²) in [7, 11) is 0. The first-order valence-electron chi connectivity index (χ1n) is 7.22. The van der Waals surface area contributed by atoms with E-state index in [-0.39, 0.29) is 0 Å². The molecule has 3 aromatic heterocycles. The van der Waals surface area contributed by atoms with E-state index in [0.29, 0.717) is 5.82 Å². The van der Waals surface area contributed by atoms with Gasteiger partial charge in [-0.25, -0.2) is 0 Å². The average Bonchev–Trinajstić information content (AvgIpc) is 3.22. The maximum atomic E-state index is 5.34. The lowest BCUT2D eigenvalue weighted by molar-refractivity contribution is 0.535. The lowest BCUT2D eigenvalue weighted by Gasteiger charge is -1.94. The highest BCUT2D eigenvalue weighted by molar-refractivity contribution is 7.17. The van der Waals surface area contributed by atoms with Crippen molar-refractivity contribution in [3.05, 3.63) is 58.5 Å². The summed E-state index contributed by atoms with van der Waals surface area (Å²) < 4.78 is 7.10. The molecule has 0 N–H and O–H groups in total. The van der Waals surface area contributed by atoms with Crippen LogP contribution in [-0.2, 0) is 0 Å². The summed E-state index contributed by atoms with van der Waals surface area (Å²) in [4.78, 5) is 0.768. The predicted octanol–water partition coefficient (Wildman–Crippen LogP) is 4.23. The number of hydrogen-bond acceptors (Lipinski definition) is 5. The van der Waals surface area contributed by atoms with Gasteiger partial charge in [0.15, 0.2) is 5.82 Å². The van der Waals surface area contributed by atoms with Gasteiger partial charge >= 0.3 is 0 Å². The summed E-state index contributed by atoms with van der Waals surface area (Å²) in [6.07, 6.45) is 5.69. The molecule has 0 atom stereocenters. The minimum Gasteiger partial charge on any atom is -0.469 e. The van der Waals surface area contributed by atoms with Gasteiger partial charge in [-0.1, -0.05) is 47.2 Å². The third kappa shape index (κ3) is 2.57. The number of furan rings is 1. The van der Waals surface area contributed by atoms with Crippen molar-refractivity contribution in [3.63, 3.8) is 0 Å². The van der Waals surface area contributed by atoms with Crippen LogP contribution in [0.1, 0.15) is 21.9 Å². The molecule has 4 aromatic rings. The number of rotatable bonds is 3. The van der Waals surface area contributed by atoms with E-state index >= 15 is 0 Å². The molecule has 6 heteroatoms. The normalized spacial score (nSPS) is 11.7. The zero-order valence-corrected chi connectivity index (χ0v) is 13.5. The molecular weight excluding hydrogens is 308 g/mol. The molecule has 0 radical (unpaired) electrons. The highest BCUT2D eigenvalue weighted by Gasteiger charge is 2.15. The highest BCUT2D eigenvalue weighted by Crippen LogP contribution is 2.25. The Kier molecular flexibility index (Phi) is 3.31. The maximum Gasteiger partial charge on any atom is 0.235 e. The van der Waals surface area contributed by atoms with Crippen molar-refractivity contribution in [1.29, 1.82) is 0 Å². The third-order valence-corrected chi connectivity index (χ3v) is 4.47. The largest absolute Gasteiger partial charge is 0.469 e. The molecule has 23 heavy (non-hydrogen) atoms. The molecule has 0 amide bonds. The summed E-state index contributed by atoms with van der Waals surface area (Å²) in [5, 5.41) is 13.9. The quantitative estimate of drug-likeness (QED) is 0.566. The molecule has 0 aliphatic rings. The van der Waals surface area contributed by atoms with Gasteiger partial charge in [0.05, 0.1) is 11.8 Å². The molecule has 0 unspecified atom stereocenters. The topological polar surface area (TPSA) is 56.2 Å². The molecule has 1 aromatic carbocycles. The minimum absolute atomic E-state index is 0.706. The first-order valence-corrected chi connectivity index (χ1v) is 8.04. The van der Waals surface area contributed by atoms with Crippen LogP contribution >= 0.6 is 11.3 Å². The molecule has 0 aliphatic heterocycles. The summed E-state index contributed by atoms with van der Waals surface area (Å²) in [5.41, 5.74) is 3.31. The molecule has 0 aliphatic carbocycles. The number of benzene rings is 1. The van der Waals surface area contributed by atoms with Gasteiger partial charge in [0.1, 0.15) is 10.8 Å². The number of fused-ring (bicyclic) bond motifs is 1. The van der Waals surface area contributed by atoms with E-state index in [4.69, 9.17) is 4.42 Å². The van der Waals surface area contributed by atoms with Gasteiger partial charge in [0.2, 0.25) is 4.96 Å². The standard InChI is InChI=1S/C17H14N4OS/c1-11-3-5-13(6-4-11)7-8-15-20-21-16(18-19-17(21)23-15)14-9-10-22-12(14)2/h3-10H,1-2H3. The van der Waals surface area contributed by atoms with E-state index in [0.717, 1.165) is 26.9 Å². The molecule has 5 nitrogen and oxygen atoms in total. The van der Waals surface area contributed by atoms with Crippen LogP contribution in [0.25, 0.3) is 28.5 Å². The van der Waals surface area contributed by atoms with Gasteiger partial charge in [-0.2, -0.15) is 9.61 Å². The predicted molar refractivity (Wildman–Crippen MR) is 91.2 cm³/mol. The van der Waals surface area contributed by atoms with Crippen molar-refractivity contribution in [2.75, 3.05) is 0 Å². The fraction of sp³-hybridized carbons (Fsp3) is 0.118. The number of nitrogens with zero attached hydrogens (tertiary/aromatic N) is 4. The molecule has 0 fully saturated rings. The first kappa shape index (κ1) is 13.9. The summed E-state index contributed by atoms with van der Waals surface area (Å²) in [6.45, 7) is 3.98. The van der Waals surface area contributed by atoms with Crippen molar-refractivity contribution < 1.29 is 4.42 Å². The smallest absolute Gasteiger partial charge is 0.235 e. The Morgan fingerprint density at radius 2 is 1.87 bits per heavy atom. The van der Waals surface area contributed by atoms with Gasteiger partial charge in [0.25, 0.3) is 0 Å². The molecule has 114 valence electrons. The lowest BCUT2D eigenvalue weighted by Crippen LogP contribution is -1.90. The highest BCUT2D eigenvalue weighted by atomic mass is 32.1. The Morgan fingerprint density at radius 1 is 1.04 bits per heavy atom. The van der Waals surface area contributed by atoms with Crippen LogP contribution in [0.4, 0.5) is 0 Å². The van der Waals surface area contributed by atoms with Gasteiger partial charge in [-0.15, -0.1) is 10.2 Å². The number of hydrogen-bond donors (Lipinski definition) is 0. The van der Waals surface area contributed by atoms with Gasteiger partial charge in [-0.3, -0.25) is 0 Å². The molecule has 0 bridgehead atoms. The zero-order valence-electron chi connectivity index (χ0n) is 12.7. The Bertz CT molecular complexity index is 991. The Morgan fingerprint density at radius 3 is 2.61 bits per heavy atom. The van der Waals surface area contributed by atoms with Crippen molar-refractivity contribution >= 4 is 28.4 Å². The average molecular weight is 322 g/mol. The Hall–Kier alpha value is -2.73. The van der Waals surface area contributed by atoms with E-state index in [1.54, 1.807) is 10.8 Å².